The van der Waals surface area contributed by atoms with Crippen LogP contribution in [0.4, 0.5) is 18.0 Å². The van der Waals surface area contributed by atoms with Crippen LogP contribution in [0.15, 0.2) is 0 Å². The molecule has 1 aliphatic heterocycles. The highest BCUT2D eigenvalue weighted by molar-refractivity contribution is 8.00. The summed E-state index contributed by atoms with van der Waals surface area (Å²) in [7, 11) is 0. The van der Waals surface area contributed by atoms with E-state index in [1.807, 2.05) is 13.8 Å². The molecular weight excluding hydrogens is 297 g/mol. The van der Waals surface area contributed by atoms with Crippen molar-refractivity contribution in [2.75, 3.05) is 18.8 Å². The Morgan fingerprint density at radius 3 is 2.30 bits per heavy atom. The van der Waals surface area contributed by atoms with Gasteiger partial charge in [-0.1, -0.05) is 0 Å². The number of alkyl halides is 3. The molecule has 9 heteroatoms. The Kier molecular flexibility index (Phi) is 4.52. The molecule has 1 atom stereocenters. The maximum atomic E-state index is 12.8. The largest absolute Gasteiger partial charge is 0.479 e. The van der Waals surface area contributed by atoms with E-state index in [4.69, 9.17) is 5.11 Å². The first kappa shape index (κ1) is 16.9. The molecule has 1 heterocycles. The molecule has 1 unspecified atom stereocenters. The van der Waals surface area contributed by atoms with E-state index >= 15 is 0 Å². The van der Waals surface area contributed by atoms with Crippen LogP contribution in [0.1, 0.15) is 20.8 Å². The normalized spacial score (nSPS) is 22.0. The molecule has 1 aliphatic rings. The van der Waals surface area contributed by atoms with Crippen LogP contribution >= 0.6 is 11.8 Å². The Balaban J connectivity index is 2.85. The summed E-state index contributed by atoms with van der Waals surface area (Å²) >= 11 is 1.61. The van der Waals surface area contributed by atoms with Crippen molar-refractivity contribution in [2.45, 2.75) is 37.2 Å². The number of hydrogen-bond donors (Lipinski definition) is 2. The average Bonchev–Trinajstić information content (AvgIpc) is 2.25. The zero-order valence-corrected chi connectivity index (χ0v) is 12.2. The zero-order chi connectivity index (χ0) is 15.8. The molecule has 2 N–H and O–H groups in total. The van der Waals surface area contributed by atoms with Crippen LogP contribution in [0, 0.1) is 0 Å². The first-order valence-corrected chi connectivity index (χ1v) is 6.89. The van der Waals surface area contributed by atoms with Crippen LogP contribution in [0.25, 0.3) is 0 Å². The highest BCUT2D eigenvalue weighted by Crippen LogP contribution is 2.32. The third-order valence-corrected chi connectivity index (χ3v) is 4.36. The Hall–Kier alpha value is -1.12. The number of nitrogens with one attached hydrogen (secondary N) is 1. The topological polar surface area (TPSA) is 69.6 Å². The van der Waals surface area contributed by atoms with Crippen LogP contribution in [0.5, 0.6) is 0 Å². The first-order chi connectivity index (χ1) is 8.89. The lowest BCUT2D eigenvalue weighted by molar-refractivity contribution is -0.203. The van der Waals surface area contributed by atoms with Gasteiger partial charge in [0.05, 0.1) is 0 Å². The standard InChI is InChI=1S/C11H17F3N2O3S/c1-9(2)6-16(4-5-20-9)8(19)15-10(3,7(17)18)11(12,13)14/h4-6H2,1-3H3,(H,15,19)(H,17,18). The summed E-state index contributed by atoms with van der Waals surface area (Å²) < 4.78 is 38.2. The highest BCUT2D eigenvalue weighted by atomic mass is 32.2. The molecular formula is C11H17F3N2O3S. The summed E-state index contributed by atoms with van der Waals surface area (Å²) in [4.78, 5) is 24.0. The fourth-order valence-electron chi connectivity index (χ4n) is 1.73. The van der Waals surface area contributed by atoms with Crippen molar-refractivity contribution < 1.29 is 27.9 Å². The van der Waals surface area contributed by atoms with Gasteiger partial charge in [0.15, 0.2) is 0 Å². The number of halogens is 3. The molecule has 1 saturated heterocycles. The molecule has 0 aliphatic carbocycles. The third-order valence-electron chi connectivity index (χ3n) is 3.06. The SMILES string of the molecule is CC1(C)CN(C(=O)NC(C)(C(=O)O)C(F)(F)F)CCS1. The lowest BCUT2D eigenvalue weighted by Crippen LogP contribution is -2.65. The molecule has 0 radical (unpaired) electrons. The number of rotatable bonds is 2. The van der Waals surface area contributed by atoms with Gasteiger partial charge in [0.1, 0.15) is 0 Å². The van der Waals surface area contributed by atoms with E-state index in [9.17, 15) is 22.8 Å². The quantitative estimate of drug-likeness (QED) is 0.817. The monoisotopic (exact) mass is 314 g/mol. The van der Waals surface area contributed by atoms with E-state index in [-0.39, 0.29) is 17.8 Å². The molecule has 0 aromatic heterocycles. The Morgan fingerprint density at radius 1 is 1.35 bits per heavy atom. The summed E-state index contributed by atoms with van der Waals surface area (Å²) in [5, 5.41) is 10.4. The molecule has 2 amide bonds. The van der Waals surface area contributed by atoms with Crippen molar-refractivity contribution >= 4 is 23.8 Å². The number of amides is 2. The van der Waals surface area contributed by atoms with E-state index in [1.165, 1.54) is 4.90 Å². The predicted octanol–water partition coefficient (Wildman–Crippen LogP) is 1.93. The van der Waals surface area contributed by atoms with Crippen molar-refractivity contribution in [1.82, 2.24) is 10.2 Å². The van der Waals surface area contributed by atoms with E-state index in [0.717, 1.165) is 0 Å². The van der Waals surface area contributed by atoms with Gasteiger partial charge in [0.2, 0.25) is 5.54 Å². The molecule has 0 spiro atoms. The number of hydrogen-bond acceptors (Lipinski definition) is 3. The van der Waals surface area contributed by atoms with E-state index < -0.39 is 23.7 Å². The lowest BCUT2D eigenvalue weighted by atomic mass is 10.0. The summed E-state index contributed by atoms with van der Waals surface area (Å²) in [5.74, 6) is -1.54. The molecule has 20 heavy (non-hydrogen) atoms. The number of urea groups is 1. The fourth-order valence-corrected chi connectivity index (χ4v) is 2.84. The first-order valence-electron chi connectivity index (χ1n) is 5.90. The van der Waals surface area contributed by atoms with E-state index in [1.54, 1.807) is 17.1 Å². The predicted molar refractivity (Wildman–Crippen MR) is 68.7 cm³/mol. The minimum Gasteiger partial charge on any atom is -0.479 e. The van der Waals surface area contributed by atoms with Crippen molar-refractivity contribution in [3.8, 4) is 0 Å². The molecule has 0 saturated carbocycles. The fraction of sp³-hybridized carbons (Fsp3) is 0.818. The van der Waals surface area contributed by atoms with Gasteiger partial charge < -0.3 is 15.3 Å². The molecule has 116 valence electrons. The van der Waals surface area contributed by atoms with E-state index in [0.29, 0.717) is 12.7 Å². The number of carboxylic acid groups (broad SMARTS) is 1. The summed E-state index contributed by atoms with van der Waals surface area (Å²) in [6.07, 6.45) is -5.07. The van der Waals surface area contributed by atoms with Crippen LogP contribution in [-0.4, -0.2) is 57.3 Å². The molecule has 5 nitrogen and oxygen atoms in total. The number of nitrogens with zero attached hydrogens (tertiary/aromatic N) is 1. The molecule has 0 aromatic rings. The van der Waals surface area contributed by atoms with E-state index in [2.05, 4.69) is 0 Å². The maximum absolute atomic E-state index is 12.8. The Morgan fingerprint density at radius 2 is 1.90 bits per heavy atom. The lowest BCUT2D eigenvalue weighted by Gasteiger charge is -2.39. The van der Waals surface area contributed by atoms with Crippen LogP contribution in [-0.2, 0) is 4.79 Å². The number of thioether (sulfide) groups is 1. The van der Waals surface area contributed by atoms with Gasteiger partial charge in [-0.05, 0) is 20.8 Å². The van der Waals surface area contributed by atoms with Crippen LogP contribution < -0.4 is 5.32 Å². The van der Waals surface area contributed by atoms with Gasteiger partial charge in [-0.3, -0.25) is 0 Å². The van der Waals surface area contributed by atoms with Gasteiger partial charge in [-0.15, -0.1) is 0 Å². The maximum Gasteiger partial charge on any atom is 0.422 e. The van der Waals surface area contributed by atoms with Crippen molar-refractivity contribution in [3.05, 3.63) is 0 Å². The Labute approximate surface area is 118 Å². The molecule has 1 fully saturated rings. The van der Waals surface area contributed by atoms with Crippen LogP contribution in [0.3, 0.4) is 0 Å². The second-order valence-electron chi connectivity index (χ2n) is 5.39. The summed E-state index contributed by atoms with van der Waals surface area (Å²) in [5.41, 5.74) is -3.29. The minimum atomic E-state index is -5.07. The second kappa shape index (κ2) is 5.34. The third kappa shape index (κ3) is 3.50. The zero-order valence-electron chi connectivity index (χ0n) is 11.4. The van der Waals surface area contributed by atoms with Crippen molar-refractivity contribution in [1.29, 1.82) is 0 Å². The van der Waals surface area contributed by atoms with Crippen molar-refractivity contribution in [3.63, 3.8) is 0 Å². The summed E-state index contributed by atoms with van der Waals surface area (Å²) in [6, 6.07) is -1.01. The molecule has 0 aromatic carbocycles. The van der Waals surface area contributed by atoms with Gasteiger partial charge in [-0.2, -0.15) is 24.9 Å². The molecule has 1 rings (SSSR count). The van der Waals surface area contributed by atoms with Crippen molar-refractivity contribution in [2.24, 2.45) is 0 Å². The van der Waals surface area contributed by atoms with Gasteiger partial charge in [-0.25, -0.2) is 9.59 Å². The van der Waals surface area contributed by atoms with Gasteiger partial charge >= 0.3 is 18.2 Å². The number of carboxylic acids is 1. The Bertz CT molecular complexity index is 414. The molecule has 0 bridgehead atoms. The number of carbonyl (C=O) groups is 2. The summed E-state index contributed by atoms with van der Waals surface area (Å²) in [6.45, 7) is 4.73. The van der Waals surface area contributed by atoms with Crippen LogP contribution in [0.2, 0.25) is 0 Å². The smallest absolute Gasteiger partial charge is 0.422 e. The second-order valence-corrected chi connectivity index (χ2v) is 7.19. The highest BCUT2D eigenvalue weighted by Gasteiger charge is 2.59. The average molecular weight is 314 g/mol. The number of aliphatic carboxylic acids is 1. The van der Waals surface area contributed by atoms with Gasteiger partial charge in [0.25, 0.3) is 0 Å². The van der Waals surface area contributed by atoms with Gasteiger partial charge in [0, 0.05) is 23.6 Å². The minimum absolute atomic E-state index is 0.261. The number of carbonyl (C=O) groups excluding carboxylic acids is 1.